The molecule has 3 N–H and O–H groups in total. The minimum Gasteiger partial charge on any atom is -0.457 e. The van der Waals surface area contributed by atoms with E-state index in [0.29, 0.717) is 17.4 Å². The lowest BCUT2D eigenvalue weighted by Gasteiger charge is -2.15. The highest BCUT2D eigenvalue weighted by atomic mass is 16.5. The van der Waals surface area contributed by atoms with Crippen LogP contribution in [0.4, 0.5) is 5.69 Å². The Hall–Kier alpha value is -2.49. The van der Waals surface area contributed by atoms with Crippen molar-refractivity contribution in [1.82, 2.24) is 0 Å². The predicted octanol–water partition coefficient (Wildman–Crippen LogP) is 4.24. The fraction of sp³-hybridized carbons (Fsp3) is 0.316. The van der Waals surface area contributed by atoms with Gasteiger partial charge >= 0.3 is 0 Å². The number of hydrogen-bond donors (Lipinski definition) is 2. The van der Waals surface area contributed by atoms with Gasteiger partial charge in [0.05, 0.1) is 0 Å². The van der Waals surface area contributed by atoms with Crippen LogP contribution >= 0.6 is 0 Å². The Bertz CT molecular complexity index is 689. The van der Waals surface area contributed by atoms with Gasteiger partial charge in [-0.25, -0.2) is 0 Å². The highest BCUT2D eigenvalue weighted by molar-refractivity contribution is 5.92. The van der Waals surface area contributed by atoms with Crippen molar-refractivity contribution in [2.24, 2.45) is 5.73 Å². The molecule has 120 valence electrons. The van der Waals surface area contributed by atoms with Crippen LogP contribution in [0, 0.1) is 6.92 Å². The van der Waals surface area contributed by atoms with Gasteiger partial charge < -0.3 is 15.8 Å². The monoisotopic (exact) mass is 310 g/mol. The molecule has 0 saturated heterocycles. The molecule has 1 saturated carbocycles. The van der Waals surface area contributed by atoms with Crippen molar-refractivity contribution in [1.29, 1.82) is 0 Å². The Morgan fingerprint density at radius 2 is 1.83 bits per heavy atom. The quantitative estimate of drug-likeness (QED) is 0.868. The summed E-state index contributed by atoms with van der Waals surface area (Å²) in [5.41, 5.74) is 7.93. The molecule has 0 heterocycles. The summed E-state index contributed by atoms with van der Waals surface area (Å²) in [6.45, 7) is 2.03. The second-order valence-electron chi connectivity index (χ2n) is 6.10. The second kappa shape index (κ2) is 6.73. The van der Waals surface area contributed by atoms with E-state index in [1.165, 1.54) is 25.7 Å². The summed E-state index contributed by atoms with van der Waals surface area (Å²) in [5.74, 6) is 1.07. The molecule has 1 aliphatic rings. The number of benzene rings is 2. The molecule has 0 radical (unpaired) electrons. The Labute approximate surface area is 136 Å². The number of aryl methyl sites for hydroxylation is 1. The van der Waals surface area contributed by atoms with Crippen molar-refractivity contribution in [3.05, 3.63) is 53.6 Å². The van der Waals surface area contributed by atoms with Gasteiger partial charge in [0.1, 0.15) is 11.5 Å². The molecule has 1 aliphatic carbocycles. The van der Waals surface area contributed by atoms with Gasteiger partial charge in [0.2, 0.25) is 5.91 Å². The van der Waals surface area contributed by atoms with Crippen molar-refractivity contribution in [2.45, 2.75) is 38.6 Å². The van der Waals surface area contributed by atoms with Gasteiger partial charge in [0.25, 0.3) is 0 Å². The number of primary amides is 1. The molecular formula is C19H22N2O2. The summed E-state index contributed by atoms with van der Waals surface area (Å²) < 4.78 is 5.89. The fourth-order valence-electron chi connectivity index (χ4n) is 2.97. The third-order valence-corrected chi connectivity index (χ3v) is 4.27. The van der Waals surface area contributed by atoms with Crippen LogP contribution in [0.25, 0.3) is 0 Å². The maximum absolute atomic E-state index is 11.1. The summed E-state index contributed by atoms with van der Waals surface area (Å²) in [7, 11) is 0. The first-order valence-electron chi connectivity index (χ1n) is 8.07. The number of carbonyl (C=O) groups is 1. The van der Waals surface area contributed by atoms with Crippen LogP contribution in [0.2, 0.25) is 0 Å². The number of anilines is 1. The van der Waals surface area contributed by atoms with Crippen LogP contribution in [0.15, 0.2) is 42.5 Å². The number of nitrogens with one attached hydrogen (secondary N) is 1. The molecule has 2 aromatic rings. The first-order chi connectivity index (χ1) is 11.1. The third-order valence-electron chi connectivity index (χ3n) is 4.27. The number of ether oxygens (including phenoxy) is 1. The van der Waals surface area contributed by atoms with E-state index >= 15 is 0 Å². The van der Waals surface area contributed by atoms with E-state index < -0.39 is 5.91 Å². The lowest BCUT2D eigenvalue weighted by Crippen LogP contribution is -2.14. The van der Waals surface area contributed by atoms with E-state index in [1.807, 2.05) is 13.0 Å². The summed E-state index contributed by atoms with van der Waals surface area (Å²) in [5, 5.41) is 3.59. The van der Waals surface area contributed by atoms with Gasteiger partial charge in [0.15, 0.2) is 0 Å². The van der Waals surface area contributed by atoms with Gasteiger partial charge in [-0.1, -0.05) is 12.8 Å². The number of rotatable bonds is 5. The molecule has 1 fully saturated rings. The Balaban J connectivity index is 1.69. The molecule has 0 unspecified atom stereocenters. The zero-order valence-electron chi connectivity index (χ0n) is 13.3. The van der Waals surface area contributed by atoms with E-state index in [9.17, 15) is 4.79 Å². The average Bonchev–Trinajstić information content (AvgIpc) is 3.03. The van der Waals surface area contributed by atoms with Crippen molar-refractivity contribution in [3.8, 4) is 11.5 Å². The van der Waals surface area contributed by atoms with Crippen LogP contribution in [0.1, 0.15) is 41.6 Å². The molecule has 0 spiro atoms. The number of nitrogens with two attached hydrogens (primary N) is 1. The van der Waals surface area contributed by atoms with E-state index in [2.05, 4.69) is 17.4 Å². The van der Waals surface area contributed by atoms with Crippen LogP contribution in [0.3, 0.4) is 0 Å². The van der Waals surface area contributed by atoms with Crippen LogP contribution in [-0.2, 0) is 0 Å². The predicted molar refractivity (Wildman–Crippen MR) is 92.1 cm³/mol. The van der Waals surface area contributed by atoms with Crippen LogP contribution in [-0.4, -0.2) is 11.9 Å². The van der Waals surface area contributed by atoms with Crippen LogP contribution in [0.5, 0.6) is 11.5 Å². The lowest BCUT2D eigenvalue weighted by molar-refractivity contribution is 0.100. The van der Waals surface area contributed by atoms with Gasteiger partial charge in [-0.15, -0.1) is 0 Å². The van der Waals surface area contributed by atoms with Crippen LogP contribution < -0.4 is 15.8 Å². The van der Waals surface area contributed by atoms with E-state index in [4.69, 9.17) is 10.5 Å². The zero-order valence-corrected chi connectivity index (χ0v) is 13.3. The molecule has 0 atom stereocenters. The Morgan fingerprint density at radius 3 is 2.43 bits per heavy atom. The molecule has 0 bridgehead atoms. The zero-order chi connectivity index (χ0) is 16.2. The maximum Gasteiger partial charge on any atom is 0.248 e. The minimum absolute atomic E-state index is 0.435. The Morgan fingerprint density at radius 1 is 1.13 bits per heavy atom. The lowest BCUT2D eigenvalue weighted by atomic mass is 10.1. The van der Waals surface area contributed by atoms with Crippen molar-refractivity contribution in [2.75, 3.05) is 5.32 Å². The van der Waals surface area contributed by atoms with Crippen molar-refractivity contribution in [3.63, 3.8) is 0 Å². The van der Waals surface area contributed by atoms with E-state index in [-0.39, 0.29) is 0 Å². The average molecular weight is 310 g/mol. The molecule has 1 amide bonds. The summed E-state index contributed by atoms with van der Waals surface area (Å²) in [6, 6.07) is 13.6. The highest BCUT2D eigenvalue weighted by Crippen LogP contribution is 2.29. The summed E-state index contributed by atoms with van der Waals surface area (Å²) in [6.07, 6.45) is 5.14. The molecule has 2 aromatic carbocycles. The van der Waals surface area contributed by atoms with Crippen molar-refractivity contribution >= 4 is 11.6 Å². The topological polar surface area (TPSA) is 64.3 Å². The first kappa shape index (κ1) is 15.4. The Kier molecular flexibility index (Phi) is 4.51. The largest absolute Gasteiger partial charge is 0.457 e. The number of hydrogen-bond acceptors (Lipinski definition) is 3. The molecule has 0 aromatic heterocycles. The smallest absolute Gasteiger partial charge is 0.248 e. The minimum atomic E-state index is -0.435. The number of carbonyl (C=O) groups excluding carboxylic acids is 1. The molecule has 23 heavy (non-hydrogen) atoms. The van der Waals surface area contributed by atoms with Gasteiger partial charge in [0, 0.05) is 17.3 Å². The van der Waals surface area contributed by atoms with Gasteiger partial charge in [-0.2, -0.15) is 0 Å². The molecule has 3 rings (SSSR count). The highest BCUT2D eigenvalue weighted by Gasteiger charge is 2.14. The second-order valence-corrected chi connectivity index (χ2v) is 6.10. The third kappa shape index (κ3) is 3.83. The summed E-state index contributed by atoms with van der Waals surface area (Å²) in [4.78, 5) is 11.1. The fourth-order valence-corrected chi connectivity index (χ4v) is 2.97. The SMILES string of the molecule is Cc1cc(NC2CCCC2)ccc1Oc1ccc(C(N)=O)cc1. The molecule has 0 aliphatic heterocycles. The normalized spacial score (nSPS) is 14.7. The van der Waals surface area contributed by atoms with E-state index in [0.717, 1.165) is 17.0 Å². The summed E-state index contributed by atoms with van der Waals surface area (Å²) >= 11 is 0. The molecular weight excluding hydrogens is 288 g/mol. The van der Waals surface area contributed by atoms with Gasteiger partial charge in [-0.3, -0.25) is 4.79 Å². The van der Waals surface area contributed by atoms with E-state index in [1.54, 1.807) is 24.3 Å². The van der Waals surface area contributed by atoms with Crippen molar-refractivity contribution < 1.29 is 9.53 Å². The molecule has 4 nitrogen and oxygen atoms in total. The maximum atomic E-state index is 11.1. The number of amides is 1. The molecule has 4 heteroatoms. The first-order valence-corrected chi connectivity index (χ1v) is 8.07. The standard InChI is InChI=1S/C19H22N2O2/c1-13-12-16(21-15-4-2-3-5-15)8-11-18(13)23-17-9-6-14(7-10-17)19(20)22/h6-12,15,21H,2-5H2,1H3,(H2,20,22). The van der Waals surface area contributed by atoms with Gasteiger partial charge in [-0.05, 0) is 67.8 Å².